The largest absolute Gasteiger partial charge is 0.383 e. The van der Waals surface area contributed by atoms with Crippen LogP contribution >= 0.6 is 0 Å². The summed E-state index contributed by atoms with van der Waals surface area (Å²) in [5.41, 5.74) is 9.83. The molecule has 0 bridgehead atoms. The number of carbonyl (C=O) groups is 2. The quantitative estimate of drug-likeness (QED) is 0.729. The number of nitrogens with one attached hydrogen (secondary N) is 2. The third-order valence-electron chi connectivity index (χ3n) is 2.76. The van der Waals surface area contributed by atoms with Gasteiger partial charge < -0.3 is 5.73 Å². The van der Waals surface area contributed by atoms with E-state index in [0.29, 0.717) is 5.56 Å². The number of aryl methyl sites for hydroxylation is 1. The summed E-state index contributed by atoms with van der Waals surface area (Å²) in [7, 11) is 0. The molecule has 1 aromatic carbocycles. The highest BCUT2D eigenvalue weighted by atomic mass is 19.1. The molecule has 8 heteroatoms. The summed E-state index contributed by atoms with van der Waals surface area (Å²) in [5, 5.41) is 0. The van der Waals surface area contributed by atoms with E-state index < -0.39 is 29.0 Å². The molecule has 0 saturated heterocycles. The van der Waals surface area contributed by atoms with Crippen LogP contribution in [0.4, 0.5) is 14.6 Å². The van der Waals surface area contributed by atoms with Gasteiger partial charge in [0, 0.05) is 6.20 Å². The van der Waals surface area contributed by atoms with Crippen molar-refractivity contribution in [3.05, 3.63) is 58.8 Å². The van der Waals surface area contributed by atoms with Crippen molar-refractivity contribution in [1.82, 2.24) is 15.8 Å². The fourth-order valence-corrected chi connectivity index (χ4v) is 1.68. The van der Waals surface area contributed by atoms with Crippen LogP contribution in [0.3, 0.4) is 0 Å². The molecule has 0 radical (unpaired) electrons. The van der Waals surface area contributed by atoms with Gasteiger partial charge in [-0.25, -0.2) is 13.8 Å². The number of anilines is 1. The molecule has 0 aliphatic heterocycles. The minimum absolute atomic E-state index is 0.0192. The van der Waals surface area contributed by atoms with E-state index in [-0.39, 0.29) is 11.4 Å². The molecule has 0 aliphatic carbocycles. The van der Waals surface area contributed by atoms with Gasteiger partial charge in [0.2, 0.25) is 0 Å². The van der Waals surface area contributed by atoms with Gasteiger partial charge in [0.25, 0.3) is 11.8 Å². The number of rotatable bonds is 2. The average molecular weight is 306 g/mol. The highest BCUT2D eigenvalue weighted by Crippen LogP contribution is 2.11. The minimum atomic E-state index is -0.996. The van der Waals surface area contributed by atoms with Crippen molar-refractivity contribution in [2.24, 2.45) is 0 Å². The summed E-state index contributed by atoms with van der Waals surface area (Å²) in [4.78, 5) is 27.4. The fraction of sp³-hybridized carbons (Fsp3) is 0.0714. The molecule has 22 heavy (non-hydrogen) atoms. The van der Waals surface area contributed by atoms with Crippen LogP contribution < -0.4 is 16.6 Å². The summed E-state index contributed by atoms with van der Waals surface area (Å²) >= 11 is 0. The monoisotopic (exact) mass is 306 g/mol. The van der Waals surface area contributed by atoms with Crippen molar-refractivity contribution in [2.45, 2.75) is 6.92 Å². The number of nitrogen functional groups attached to an aromatic ring is 1. The predicted octanol–water partition coefficient (Wildman–Crippen LogP) is 1.33. The Morgan fingerprint density at radius 1 is 1.09 bits per heavy atom. The Labute approximate surface area is 124 Å². The van der Waals surface area contributed by atoms with Gasteiger partial charge in [-0.2, -0.15) is 0 Å². The fourth-order valence-electron chi connectivity index (χ4n) is 1.68. The highest BCUT2D eigenvalue weighted by Gasteiger charge is 2.15. The van der Waals surface area contributed by atoms with Crippen LogP contribution in [0, 0.1) is 18.6 Å². The summed E-state index contributed by atoms with van der Waals surface area (Å²) in [5.74, 6) is -3.42. The Bertz CT molecular complexity index is 686. The normalized spacial score (nSPS) is 10.1. The van der Waals surface area contributed by atoms with Crippen LogP contribution in [0.15, 0.2) is 30.5 Å². The first-order valence-corrected chi connectivity index (χ1v) is 6.16. The number of hydrazine groups is 1. The Balaban J connectivity index is 2.09. The zero-order valence-electron chi connectivity index (χ0n) is 11.5. The van der Waals surface area contributed by atoms with Gasteiger partial charge in [-0.3, -0.25) is 20.4 Å². The lowest BCUT2D eigenvalue weighted by atomic mass is 10.2. The topological polar surface area (TPSA) is 97.1 Å². The van der Waals surface area contributed by atoms with E-state index in [4.69, 9.17) is 5.73 Å². The standard InChI is InChI=1S/C14H12F2N4O2/c1-7-4-10(12(17)18-6-7)14(22)20-19-13(21)9-5-8(15)2-3-11(9)16/h2-6H,1H3,(H2,17,18)(H,19,21)(H,20,22). The molecule has 0 aliphatic rings. The molecule has 6 nitrogen and oxygen atoms in total. The maximum Gasteiger partial charge on any atom is 0.273 e. The molecule has 2 rings (SSSR count). The summed E-state index contributed by atoms with van der Waals surface area (Å²) < 4.78 is 26.4. The van der Waals surface area contributed by atoms with Crippen LogP contribution in [0.1, 0.15) is 26.3 Å². The molecule has 0 unspecified atom stereocenters. The zero-order chi connectivity index (χ0) is 16.3. The van der Waals surface area contributed by atoms with Gasteiger partial charge in [-0.05, 0) is 36.8 Å². The van der Waals surface area contributed by atoms with Crippen molar-refractivity contribution in [3.63, 3.8) is 0 Å². The van der Waals surface area contributed by atoms with E-state index in [1.54, 1.807) is 6.92 Å². The van der Waals surface area contributed by atoms with Gasteiger partial charge in [0.15, 0.2) is 0 Å². The van der Waals surface area contributed by atoms with E-state index >= 15 is 0 Å². The van der Waals surface area contributed by atoms with E-state index in [0.717, 1.165) is 18.2 Å². The van der Waals surface area contributed by atoms with Crippen molar-refractivity contribution in [3.8, 4) is 0 Å². The third-order valence-corrected chi connectivity index (χ3v) is 2.76. The Morgan fingerprint density at radius 2 is 1.73 bits per heavy atom. The number of hydrogen-bond acceptors (Lipinski definition) is 4. The molecule has 2 aromatic rings. The van der Waals surface area contributed by atoms with E-state index in [2.05, 4.69) is 10.4 Å². The summed E-state index contributed by atoms with van der Waals surface area (Å²) in [6.07, 6.45) is 1.48. The van der Waals surface area contributed by atoms with Gasteiger partial charge in [0.05, 0.1) is 11.1 Å². The summed E-state index contributed by atoms with van der Waals surface area (Å²) in [6, 6.07) is 3.89. The molecule has 114 valence electrons. The second-order valence-electron chi connectivity index (χ2n) is 4.48. The van der Waals surface area contributed by atoms with Crippen LogP contribution in [0.5, 0.6) is 0 Å². The van der Waals surface area contributed by atoms with Crippen molar-refractivity contribution in [1.29, 1.82) is 0 Å². The maximum atomic E-state index is 13.4. The van der Waals surface area contributed by atoms with E-state index in [9.17, 15) is 18.4 Å². The first-order chi connectivity index (χ1) is 10.4. The maximum absolute atomic E-state index is 13.4. The number of nitrogens with zero attached hydrogens (tertiary/aromatic N) is 1. The lowest BCUT2D eigenvalue weighted by Crippen LogP contribution is -2.42. The number of aromatic nitrogens is 1. The van der Waals surface area contributed by atoms with E-state index in [1.165, 1.54) is 12.3 Å². The number of carbonyl (C=O) groups excluding carboxylic acids is 2. The second kappa shape index (κ2) is 6.17. The van der Waals surface area contributed by atoms with Gasteiger partial charge in [-0.15, -0.1) is 0 Å². The lowest BCUT2D eigenvalue weighted by Gasteiger charge is -2.09. The molecular weight excluding hydrogens is 294 g/mol. The van der Waals surface area contributed by atoms with Gasteiger partial charge in [-0.1, -0.05) is 0 Å². The second-order valence-corrected chi connectivity index (χ2v) is 4.48. The number of benzene rings is 1. The number of amides is 2. The minimum Gasteiger partial charge on any atom is -0.383 e. The first-order valence-electron chi connectivity index (χ1n) is 6.16. The van der Waals surface area contributed by atoms with Crippen LogP contribution in [0.2, 0.25) is 0 Å². The number of nitrogens with two attached hydrogens (primary N) is 1. The smallest absolute Gasteiger partial charge is 0.273 e. The number of hydrogen-bond donors (Lipinski definition) is 3. The molecule has 2 amide bonds. The SMILES string of the molecule is Cc1cnc(N)c(C(=O)NNC(=O)c2cc(F)ccc2F)c1. The van der Waals surface area contributed by atoms with Crippen molar-refractivity contribution < 1.29 is 18.4 Å². The highest BCUT2D eigenvalue weighted by molar-refractivity contribution is 6.01. The lowest BCUT2D eigenvalue weighted by molar-refractivity contribution is 0.0844. The molecule has 0 fully saturated rings. The number of halogens is 2. The van der Waals surface area contributed by atoms with Crippen LogP contribution in [0.25, 0.3) is 0 Å². The Hall–Kier alpha value is -3.03. The first kappa shape index (κ1) is 15.4. The molecule has 0 atom stereocenters. The Kier molecular flexibility index (Phi) is 4.31. The zero-order valence-corrected chi connectivity index (χ0v) is 11.5. The molecule has 0 spiro atoms. The van der Waals surface area contributed by atoms with Gasteiger partial charge in [0.1, 0.15) is 17.5 Å². The molecular formula is C14H12F2N4O2. The third kappa shape index (κ3) is 3.35. The molecule has 0 saturated carbocycles. The van der Waals surface area contributed by atoms with Gasteiger partial charge >= 0.3 is 0 Å². The molecule has 4 N–H and O–H groups in total. The number of pyridine rings is 1. The molecule has 1 aromatic heterocycles. The Morgan fingerprint density at radius 3 is 2.41 bits per heavy atom. The molecule has 1 heterocycles. The van der Waals surface area contributed by atoms with Crippen LogP contribution in [-0.2, 0) is 0 Å². The van der Waals surface area contributed by atoms with E-state index in [1.807, 2.05) is 5.43 Å². The average Bonchev–Trinajstić information content (AvgIpc) is 2.49. The van der Waals surface area contributed by atoms with Crippen molar-refractivity contribution in [2.75, 3.05) is 5.73 Å². The summed E-state index contributed by atoms with van der Waals surface area (Å²) in [6.45, 7) is 1.71. The van der Waals surface area contributed by atoms with Crippen molar-refractivity contribution >= 4 is 17.6 Å². The van der Waals surface area contributed by atoms with Crippen LogP contribution in [-0.4, -0.2) is 16.8 Å². The predicted molar refractivity (Wildman–Crippen MR) is 74.7 cm³/mol.